The van der Waals surface area contributed by atoms with Gasteiger partial charge in [-0.15, -0.1) is 0 Å². The lowest BCUT2D eigenvalue weighted by Crippen LogP contribution is -2.27. The number of hydrogen-bond acceptors (Lipinski definition) is 5. The first-order chi connectivity index (χ1) is 12.2. The molecule has 5 nitrogen and oxygen atoms in total. The summed E-state index contributed by atoms with van der Waals surface area (Å²) >= 11 is 0. The third-order valence-corrected chi connectivity index (χ3v) is 4.05. The van der Waals surface area contributed by atoms with Crippen molar-refractivity contribution in [1.29, 1.82) is 0 Å². The molecule has 3 rings (SSSR count). The monoisotopic (exact) mass is 342 g/mol. The van der Waals surface area contributed by atoms with E-state index in [1.165, 1.54) is 17.7 Å². The van der Waals surface area contributed by atoms with E-state index in [2.05, 4.69) is 45.9 Å². The van der Waals surface area contributed by atoms with Crippen LogP contribution >= 0.6 is 0 Å². The molecule has 1 aromatic carbocycles. The molecule has 0 radical (unpaired) electrons. The minimum Gasteiger partial charge on any atom is -0.336 e. The first-order valence-corrected chi connectivity index (χ1v) is 8.54. The van der Waals surface area contributed by atoms with E-state index in [0.717, 1.165) is 25.1 Å². The summed E-state index contributed by atoms with van der Waals surface area (Å²) < 4.78 is 18.3. The molecule has 1 unspecified atom stereocenters. The smallest absolute Gasteiger partial charge is 0.321 e. The fraction of sp³-hybridized carbons (Fsp3) is 0.368. The Balaban J connectivity index is 1.36. The number of nitrogens with one attached hydrogen (secondary N) is 2. The summed E-state index contributed by atoms with van der Waals surface area (Å²) in [6.07, 6.45) is 8.09. The van der Waals surface area contributed by atoms with Crippen molar-refractivity contribution in [2.45, 2.75) is 19.8 Å². The summed E-state index contributed by atoms with van der Waals surface area (Å²) in [7, 11) is 0. The Morgan fingerprint density at radius 2 is 2.24 bits per heavy atom. The van der Waals surface area contributed by atoms with Gasteiger partial charge in [0.2, 0.25) is 0 Å². The van der Waals surface area contributed by atoms with E-state index in [1.807, 2.05) is 6.07 Å². The maximum atomic E-state index is 13.2. The zero-order valence-corrected chi connectivity index (χ0v) is 14.3. The predicted molar refractivity (Wildman–Crippen MR) is 95.9 cm³/mol. The average Bonchev–Trinajstić information content (AvgIpc) is 3.02. The molecule has 1 heterocycles. The third kappa shape index (κ3) is 5.53. The van der Waals surface area contributed by atoms with E-state index in [4.69, 9.17) is 4.52 Å². The lowest BCUT2D eigenvalue weighted by molar-refractivity contribution is 0.423. The molecule has 1 aliphatic rings. The molecular weight excluding hydrogens is 319 g/mol. The standard InChI is InChI=1S/C19H23FN4O/c1-14-4-2-6-16(10-14)13-21-8-9-22-19-23-18(24-25-19)12-15-5-3-7-17(20)11-15/h2-7,11,16,21H,8-10,12-13H2,1H3,(H,22,23,24). The Hall–Kier alpha value is -2.47. The number of rotatable bonds is 8. The van der Waals surface area contributed by atoms with Gasteiger partial charge in [-0.25, -0.2) is 4.39 Å². The molecular formula is C19H23FN4O. The Bertz CT molecular complexity index is 753. The summed E-state index contributed by atoms with van der Waals surface area (Å²) in [6, 6.07) is 6.80. The van der Waals surface area contributed by atoms with Gasteiger partial charge in [-0.2, -0.15) is 4.98 Å². The van der Waals surface area contributed by atoms with E-state index in [1.54, 1.807) is 6.07 Å². The predicted octanol–water partition coefficient (Wildman–Crippen LogP) is 3.32. The molecule has 0 spiro atoms. The maximum Gasteiger partial charge on any atom is 0.321 e. The molecule has 132 valence electrons. The van der Waals surface area contributed by atoms with Crippen LogP contribution in [0.3, 0.4) is 0 Å². The molecule has 0 saturated heterocycles. The van der Waals surface area contributed by atoms with Crippen molar-refractivity contribution in [2.24, 2.45) is 5.92 Å². The summed E-state index contributed by atoms with van der Waals surface area (Å²) in [5.74, 6) is 0.839. The molecule has 25 heavy (non-hydrogen) atoms. The fourth-order valence-corrected chi connectivity index (χ4v) is 2.84. The summed E-state index contributed by atoms with van der Waals surface area (Å²) in [4.78, 5) is 4.27. The van der Waals surface area contributed by atoms with Gasteiger partial charge in [-0.3, -0.25) is 0 Å². The highest BCUT2D eigenvalue weighted by molar-refractivity contribution is 5.23. The van der Waals surface area contributed by atoms with Crippen LogP contribution in [0.4, 0.5) is 10.4 Å². The zero-order chi connectivity index (χ0) is 17.5. The van der Waals surface area contributed by atoms with Crippen LogP contribution < -0.4 is 10.6 Å². The topological polar surface area (TPSA) is 63.0 Å². The molecule has 0 fully saturated rings. The summed E-state index contributed by atoms with van der Waals surface area (Å²) in [5.41, 5.74) is 2.24. The van der Waals surface area contributed by atoms with Crippen LogP contribution in [-0.4, -0.2) is 29.8 Å². The normalized spacial score (nSPS) is 16.7. The molecule has 1 atom stereocenters. The molecule has 0 saturated carbocycles. The minimum atomic E-state index is -0.260. The number of anilines is 1. The van der Waals surface area contributed by atoms with Gasteiger partial charge in [-0.05, 0) is 37.0 Å². The SMILES string of the molecule is CC1=CC=CC(CNCCNc2nc(Cc3cccc(F)c3)no2)C1. The van der Waals surface area contributed by atoms with Crippen molar-refractivity contribution in [3.8, 4) is 0 Å². The van der Waals surface area contributed by atoms with Gasteiger partial charge in [0.15, 0.2) is 5.82 Å². The summed E-state index contributed by atoms with van der Waals surface area (Å²) in [5, 5.41) is 10.4. The fourth-order valence-electron chi connectivity index (χ4n) is 2.84. The first-order valence-electron chi connectivity index (χ1n) is 8.54. The van der Waals surface area contributed by atoms with Crippen LogP contribution in [0.5, 0.6) is 0 Å². The highest BCUT2D eigenvalue weighted by Crippen LogP contribution is 2.16. The van der Waals surface area contributed by atoms with E-state index in [-0.39, 0.29) is 5.82 Å². The van der Waals surface area contributed by atoms with Gasteiger partial charge in [0.25, 0.3) is 0 Å². The zero-order valence-electron chi connectivity index (χ0n) is 14.3. The molecule has 0 aliphatic heterocycles. The van der Waals surface area contributed by atoms with Crippen LogP contribution in [0.15, 0.2) is 52.6 Å². The van der Waals surface area contributed by atoms with Crippen LogP contribution in [-0.2, 0) is 6.42 Å². The lowest BCUT2D eigenvalue weighted by atomic mass is 9.95. The second kappa shape index (κ2) is 8.58. The molecule has 0 bridgehead atoms. The molecule has 1 aliphatic carbocycles. The van der Waals surface area contributed by atoms with Gasteiger partial charge in [-0.1, -0.05) is 41.1 Å². The van der Waals surface area contributed by atoms with Crippen LogP contribution in [0.1, 0.15) is 24.7 Å². The average molecular weight is 342 g/mol. The van der Waals surface area contributed by atoms with Crippen molar-refractivity contribution >= 4 is 6.01 Å². The highest BCUT2D eigenvalue weighted by atomic mass is 19.1. The number of benzene rings is 1. The van der Waals surface area contributed by atoms with Crippen molar-refractivity contribution in [3.05, 3.63) is 65.3 Å². The largest absolute Gasteiger partial charge is 0.336 e. The van der Waals surface area contributed by atoms with Gasteiger partial charge >= 0.3 is 6.01 Å². The van der Waals surface area contributed by atoms with E-state index >= 15 is 0 Å². The molecule has 2 N–H and O–H groups in total. The first kappa shape index (κ1) is 17.4. The summed E-state index contributed by atoms with van der Waals surface area (Å²) in [6.45, 7) is 4.63. The van der Waals surface area contributed by atoms with Crippen LogP contribution in [0.25, 0.3) is 0 Å². The Morgan fingerprint density at radius 1 is 1.32 bits per heavy atom. The van der Waals surface area contributed by atoms with Crippen molar-refractivity contribution < 1.29 is 8.91 Å². The number of nitrogens with zero attached hydrogens (tertiary/aromatic N) is 2. The Kier molecular flexibility index (Phi) is 5.95. The Labute approximate surface area is 147 Å². The van der Waals surface area contributed by atoms with E-state index in [0.29, 0.717) is 30.7 Å². The van der Waals surface area contributed by atoms with E-state index in [9.17, 15) is 4.39 Å². The quantitative estimate of drug-likeness (QED) is 0.721. The molecule has 6 heteroatoms. The van der Waals surface area contributed by atoms with E-state index < -0.39 is 0 Å². The molecule has 0 amide bonds. The number of hydrogen-bond donors (Lipinski definition) is 2. The molecule has 1 aromatic heterocycles. The van der Waals surface area contributed by atoms with Crippen molar-refractivity contribution in [1.82, 2.24) is 15.5 Å². The Morgan fingerprint density at radius 3 is 3.08 bits per heavy atom. The number of aromatic nitrogens is 2. The minimum absolute atomic E-state index is 0.260. The van der Waals surface area contributed by atoms with Crippen LogP contribution in [0, 0.1) is 11.7 Å². The third-order valence-electron chi connectivity index (χ3n) is 4.05. The van der Waals surface area contributed by atoms with Gasteiger partial charge in [0.1, 0.15) is 5.82 Å². The molecule has 2 aromatic rings. The maximum absolute atomic E-state index is 13.2. The number of halogens is 1. The van der Waals surface area contributed by atoms with Crippen LogP contribution in [0.2, 0.25) is 0 Å². The number of allylic oxidation sites excluding steroid dienone is 3. The second-order valence-electron chi connectivity index (χ2n) is 6.32. The van der Waals surface area contributed by atoms with Crippen molar-refractivity contribution in [2.75, 3.05) is 25.0 Å². The lowest BCUT2D eigenvalue weighted by Gasteiger charge is -2.16. The van der Waals surface area contributed by atoms with Gasteiger partial charge in [0, 0.05) is 26.1 Å². The highest BCUT2D eigenvalue weighted by Gasteiger charge is 2.09. The van der Waals surface area contributed by atoms with Gasteiger partial charge in [0.05, 0.1) is 0 Å². The second-order valence-corrected chi connectivity index (χ2v) is 6.32. The van der Waals surface area contributed by atoms with Crippen molar-refractivity contribution in [3.63, 3.8) is 0 Å². The van der Waals surface area contributed by atoms with Gasteiger partial charge < -0.3 is 15.2 Å².